The van der Waals surface area contributed by atoms with Crippen molar-refractivity contribution in [2.24, 2.45) is 0 Å². The summed E-state index contributed by atoms with van der Waals surface area (Å²) in [5.74, 6) is 0.639. The number of nitrogens with one attached hydrogen (secondary N) is 1. The third kappa shape index (κ3) is 4.87. The first-order chi connectivity index (χ1) is 12.7. The van der Waals surface area contributed by atoms with E-state index in [-0.39, 0.29) is 18.5 Å². The van der Waals surface area contributed by atoms with Crippen molar-refractivity contribution in [3.8, 4) is 11.5 Å². The second-order valence-electron chi connectivity index (χ2n) is 6.26. The van der Waals surface area contributed by atoms with Gasteiger partial charge in [0.2, 0.25) is 0 Å². The fraction of sp³-hybridized carbons (Fsp3) is 0.400. The molecule has 0 aromatic heterocycles. The number of halogens is 2. The molecule has 0 aliphatic carbocycles. The molecule has 1 N–H and O–H groups in total. The van der Waals surface area contributed by atoms with E-state index in [2.05, 4.69) is 5.32 Å². The van der Waals surface area contributed by atoms with Crippen LogP contribution in [0.1, 0.15) is 24.0 Å². The van der Waals surface area contributed by atoms with Crippen molar-refractivity contribution in [3.05, 3.63) is 58.4 Å². The minimum absolute atomic E-state index is 0.0827. The molecule has 4 nitrogen and oxygen atoms in total. The SMILES string of the molecule is COc1cc(CNC[C@@H]2CCCO2)cc(Cl)c1OCc1ccccc1F. The van der Waals surface area contributed by atoms with Crippen LogP contribution in [0, 0.1) is 5.82 Å². The molecule has 26 heavy (non-hydrogen) atoms. The average molecular weight is 380 g/mol. The Labute approximate surface area is 158 Å². The number of hydrogen-bond donors (Lipinski definition) is 1. The van der Waals surface area contributed by atoms with Crippen LogP contribution < -0.4 is 14.8 Å². The quantitative estimate of drug-likeness (QED) is 0.740. The van der Waals surface area contributed by atoms with E-state index in [1.807, 2.05) is 12.1 Å². The van der Waals surface area contributed by atoms with Crippen LogP contribution in [-0.2, 0) is 17.9 Å². The normalized spacial score (nSPS) is 16.7. The third-order valence-electron chi connectivity index (χ3n) is 4.34. The third-order valence-corrected chi connectivity index (χ3v) is 4.62. The monoisotopic (exact) mass is 379 g/mol. The van der Waals surface area contributed by atoms with E-state index in [0.29, 0.717) is 28.6 Å². The fourth-order valence-electron chi connectivity index (χ4n) is 2.96. The van der Waals surface area contributed by atoms with E-state index < -0.39 is 0 Å². The Morgan fingerprint density at radius 1 is 1.31 bits per heavy atom. The fourth-order valence-corrected chi connectivity index (χ4v) is 3.25. The lowest BCUT2D eigenvalue weighted by molar-refractivity contribution is 0.110. The van der Waals surface area contributed by atoms with Crippen LogP contribution in [-0.4, -0.2) is 26.4 Å². The smallest absolute Gasteiger partial charge is 0.180 e. The molecule has 0 amide bonds. The topological polar surface area (TPSA) is 39.7 Å². The van der Waals surface area contributed by atoms with Gasteiger partial charge in [-0.3, -0.25) is 0 Å². The molecule has 2 aromatic carbocycles. The highest BCUT2D eigenvalue weighted by molar-refractivity contribution is 6.32. The molecule has 0 radical (unpaired) electrons. The van der Waals surface area contributed by atoms with Gasteiger partial charge in [0.15, 0.2) is 11.5 Å². The first-order valence-electron chi connectivity index (χ1n) is 8.72. The summed E-state index contributed by atoms with van der Waals surface area (Å²) in [6.07, 6.45) is 2.51. The zero-order valence-electron chi connectivity index (χ0n) is 14.8. The minimum atomic E-state index is -0.308. The second-order valence-corrected chi connectivity index (χ2v) is 6.66. The van der Waals surface area contributed by atoms with Crippen LogP contribution in [0.4, 0.5) is 4.39 Å². The van der Waals surface area contributed by atoms with E-state index in [1.54, 1.807) is 25.3 Å². The average Bonchev–Trinajstić information content (AvgIpc) is 3.15. The Kier molecular flexibility index (Phi) is 6.72. The molecule has 0 spiro atoms. The highest BCUT2D eigenvalue weighted by Gasteiger charge is 2.16. The summed E-state index contributed by atoms with van der Waals surface area (Å²) >= 11 is 6.37. The number of hydrogen-bond acceptors (Lipinski definition) is 4. The molecule has 1 fully saturated rings. The Morgan fingerprint density at radius 3 is 2.88 bits per heavy atom. The van der Waals surface area contributed by atoms with Crippen LogP contribution in [0.5, 0.6) is 11.5 Å². The number of ether oxygens (including phenoxy) is 3. The first-order valence-corrected chi connectivity index (χ1v) is 9.10. The predicted molar refractivity (Wildman–Crippen MR) is 99.4 cm³/mol. The van der Waals surface area contributed by atoms with Crippen molar-refractivity contribution in [3.63, 3.8) is 0 Å². The molecule has 2 aromatic rings. The van der Waals surface area contributed by atoms with Crippen molar-refractivity contribution in [1.29, 1.82) is 0 Å². The first kappa shape index (κ1) is 19.0. The maximum absolute atomic E-state index is 13.7. The zero-order valence-corrected chi connectivity index (χ0v) is 15.5. The molecule has 1 heterocycles. The highest BCUT2D eigenvalue weighted by Crippen LogP contribution is 2.37. The van der Waals surface area contributed by atoms with Gasteiger partial charge in [-0.1, -0.05) is 29.8 Å². The summed E-state index contributed by atoms with van der Waals surface area (Å²) in [6.45, 7) is 2.40. The summed E-state index contributed by atoms with van der Waals surface area (Å²) in [4.78, 5) is 0. The minimum Gasteiger partial charge on any atom is -0.493 e. The van der Waals surface area contributed by atoms with Crippen LogP contribution in [0.2, 0.25) is 5.02 Å². The van der Waals surface area contributed by atoms with Gasteiger partial charge in [-0.15, -0.1) is 0 Å². The predicted octanol–water partition coefficient (Wildman–Crippen LogP) is 4.34. The van der Waals surface area contributed by atoms with Crippen LogP contribution >= 0.6 is 11.6 Å². The van der Waals surface area contributed by atoms with E-state index >= 15 is 0 Å². The van der Waals surface area contributed by atoms with Crippen molar-refractivity contribution >= 4 is 11.6 Å². The van der Waals surface area contributed by atoms with Crippen LogP contribution in [0.3, 0.4) is 0 Å². The van der Waals surface area contributed by atoms with E-state index in [4.69, 9.17) is 25.8 Å². The second kappa shape index (κ2) is 9.21. The molecule has 1 saturated heterocycles. The molecule has 0 bridgehead atoms. The lowest BCUT2D eigenvalue weighted by Crippen LogP contribution is -2.25. The Bertz CT molecular complexity index is 735. The van der Waals surface area contributed by atoms with Crippen molar-refractivity contribution in [2.75, 3.05) is 20.3 Å². The Hall–Kier alpha value is -1.82. The lowest BCUT2D eigenvalue weighted by atomic mass is 10.2. The number of benzene rings is 2. The van der Waals surface area contributed by atoms with E-state index in [1.165, 1.54) is 6.07 Å². The molecular weight excluding hydrogens is 357 g/mol. The van der Waals surface area contributed by atoms with Gasteiger partial charge in [0.1, 0.15) is 12.4 Å². The maximum Gasteiger partial charge on any atom is 0.180 e. The largest absolute Gasteiger partial charge is 0.493 e. The number of methoxy groups -OCH3 is 1. The molecule has 0 saturated carbocycles. The van der Waals surface area contributed by atoms with Gasteiger partial charge in [0.05, 0.1) is 18.2 Å². The molecule has 1 aliphatic rings. The number of rotatable bonds is 8. The Balaban J connectivity index is 1.63. The summed E-state index contributed by atoms with van der Waals surface area (Å²) < 4.78 is 30.5. The van der Waals surface area contributed by atoms with E-state index in [9.17, 15) is 4.39 Å². The summed E-state index contributed by atoms with van der Waals surface area (Å²) in [5.41, 5.74) is 1.45. The molecule has 140 valence electrons. The summed E-state index contributed by atoms with van der Waals surface area (Å²) in [5, 5.41) is 3.82. The molecule has 6 heteroatoms. The van der Waals surface area contributed by atoms with Gasteiger partial charge >= 0.3 is 0 Å². The van der Waals surface area contributed by atoms with Crippen molar-refractivity contribution in [2.45, 2.75) is 32.1 Å². The molecule has 0 unspecified atom stereocenters. The molecule has 3 rings (SSSR count). The van der Waals surface area contributed by atoms with Gasteiger partial charge in [-0.2, -0.15) is 0 Å². The molecule has 1 atom stereocenters. The summed E-state index contributed by atoms with van der Waals surface area (Å²) in [7, 11) is 1.56. The van der Waals surface area contributed by atoms with Gasteiger partial charge in [0, 0.05) is 25.3 Å². The van der Waals surface area contributed by atoms with E-state index in [0.717, 1.165) is 31.6 Å². The van der Waals surface area contributed by atoms with Gasteiger partial charge in [-0.25, -0.2) is 4.39 Å². The zero-order chi connectivity index (χ0) is 18.4. The molecular formula is C20H23ClFNO3. The highest BCUT2D eigenvalue weighted by atomic mass is 35.5. The van der Waals surface area contributed by atoms with Gasteiger partial charge < -0.3 is 19.5 Å². The van der Waals surface area contributed by atoms with Crippen molar-refractivity contribution < 1.29 is 18.6 Å². The van der Waals surface area contributed by atoms with Gasteiger partial charge in [-0.05, 0) is 36.6 Å². The van der Waals surface area contributed by atoms with Crippen LogP contribution in [0.25, 0.3) is 0 Å². The van der Waals surface area contributed by atoms with Crippen molar-refractivity contribution in [1.82, 2.24) is 5.32 Å². The van der Waals surface area contributed by atoms with Crippen LogP contribution in [0.15, 0.2) is 36.4 Å². The lowest BCUT2D eigenvalue weighted by Gasteiger charge is -2.15. The van der Waals surface area contributed by atoms with Gasteiger partial charge in [0.25, 0.3) is 0 Å². The maximum atomic E-state index is 13.7. The summed E-state index contributed by atoms with van der Waals surface area (Å²) in [6, 6.07) is 10.2. The standard InChI is InChI=1S/C20H23ClFNO3/c1-24-19-10-14(11-23-12-16-6-4-8-25-16)9-17(21)20(19)26-13-15-5-2-3-7-18(15)22/h2-3,5,7,9-10,16,23H,4,6,8,11-13H2,1H3/t16-/m0/s1. The molecule has 1 aliphatic heterocycles. The Morgan fingerprint density at radius 2 is 2.15 bits per heavy atom.